The second-order valence-electron chi connectivity index (χ2n) is 5.52. The number of rotatable bonds is 6. The van der Waals surface area contributed by atoms with E-state index >= 15 is 0 Å². The molecule has 2 aromatic heterocycles. The minimum atomic E-state index is -0.313. The van der Waals surface area contributed by atoms with Gasteiger partial charge in [-0.15, -0.1) is 5.10 Å². The molecule has 2 N–H and O–H groups in total. The minimum Gasteiger partial charge on any atom is -0.338 e. The summed E-state index contributed by atoms with van der Waals surface area (Å²) in [7, 11) is 0. The summed E-state index contributed by atoms with van der Waals surface area (Å²) in [6, 6.07) is 11.0. The number of urea groups is 1. The number of carbonyl (C=O) groups excluding carboxylic acids is 1. The van der Waals surface area contributed by atoms with Crippen LogP contribution in [-0.2, 0) is 13.1 Å². The highest BCUT2D eigenvalue weighted by Gasteiger charge is 2.06. The minimum absolute atomic E-state index is 0.198. The topological polar surface area (TPSA) is 80.4 Å². The van der Waals surface area contributed by atoms with E-state index in [1.54, 1.807) is 30.5 Å². The summed E-state index contributed by atoms with van der Waals surface area (Å²) >= 11 is 0. The summed E-state index contributed by atoms with van der Waals surface area (Å²) < 4.78 is 15.7. The zero-order valence-corrected chi connectivity index (χ0v) is 13.5. The van der Waals surface area contributed by atoms with Crippen molar-refractivity contribution in [3.8, 4) is 0 Å². The second-order valence-corrected chi connectivity index (χ2v) is 5.52. The molecule has 0 spiro atoms. The molecular formula is C17H18FN5O2. The van der Waals surface area contributed by atoms with Gasteiger partial charge in [0.1, 0.15) is 5.82 Å². The van der Waals surface area contributed by atoms with Crippen LogP contribution in [0, 0.1) is 5.82 Å². The molecule has 7 nitrogen and oxygen atoms in total. The standard InChI is InChI=1S/C17H18FN5O2/c18-14-7-5-13(6-8-14)12-20-16(24)19-9-3-11-23-17(25)22-10-2-1-4-15(22)21-23/h1-2,4-8,10H,3,9,11-12H2,(H2,19,20,24). The van der Waals surface area contributed by atoms with Crippen molar-refractivity contribution in [1.82, 2.24) is 24.8 Å². The molecule has 0 aliphatic carbocycles. The van der Waals surface area contributed by atoms with Crippen molar-refractivity contribution < 1.29 is 9.18 Å². The van der Waals surface area contributed by atoms with Crippen molar-refractivity contribution in [2.24, 2.45) is 0 Å². The van der Waals surface area contributed by atoms with E-state index in [0.29, 0.717) is 31.7 Å². The van der Waals surface area contributed by atoms with Crippen molar-refractivity contribution in [2.75, 3.05) is 6.54 Å². The normalized spacial score (nSPS) is 10.8. The number of nitrogens with zero attached hydrogens (tertiary/aromatic N) is 3. The van der Waals surface area contributed by atoms with Gasteiger partial charge in [0.25, 0.3) is 0 Å². The highest BCUT2D eigenvalue weighted by Crippen LogP contribution is 2.01. The lowest BCUT2D eigenvalue weighted by molar-refractivity contribution is 0.240. The van der Waals surface area contributed by atoms with Gasteiger partial charge in [-0.25, -0.2) is 18.7 Å². The molecule has 3 rings (SSSR count). The average Bonchev–Trinajstić information content (AvgIpc) is 2.94. The summed E-state index contributed by atoms with van der Waals surface area (Å²) in [5.74, 6) is -0.310. The van der Waals surface area contributed by atoms with Crippen LogP contribution in [0.1, 0.15) is 12.0 Å². The molecule has 0 saturated heterocycles. The number of halogens is 1. The van der Waals surface area contributed by atoms with Gasteiger partial charge in [0.15, 0.2) is 5.65 Å². The first kappa shape index (κ1) is 16.7. The number of hydrogen-bond donors (Lipinski definition) is 2. The van der Waals surface area contributed by atoms with Gasteiger partial charge in [0.2, 0.25) is 0 Å². The van der Waals surface area contributed by atoms with Gasteiger partial charge in [-0.3, -0.25) is 4.40 Å². The van der Waals surface area contributed by atoms with Gasteiger partial charge >= 0.3 is 11.7 Å². The monoisotopic (exact) mass is 343 g/mol. The van der Waals surface area contributed by atoms with E-state index in [-0.39, 0.29) is 17.5 Å². The van der Waals surface area contributed by atoms with E-state index in [1.165, 1.54) is 21.2 Å². The van der Waals surface area contributed by atoms with Crippen LogP contribution >= 0.6 is 0 Å². The molecule has 0 radical (unpaired) electrons. The first-order valence-corrected chi connectivity index (χ1v) is 7.94. The Morgan fingerprint density at radius 2 is 1.92 bits per heavy atom. The molecule has 2 amide bonds. The van der Waals surface area contributed by atoms with Crippen LogP contribution in [0.5, 0.6) is 0 Å². The molecule has 130 valence electrons. The maximum absolute atomic E-state index is 12.8. The Morgan fingerprint density at radius 3 is 2.68 bits per heavy atom. The van der Waals surface area contributed by atoms with E-state index in [9.17, 15) is 14.0 Å². The van der Waals surface area contributed by atoms with Crippen molar-refractivity contribution >= 4 is 11.7 Å². The molecular weight excluding hydrogens is 325 g/mol. The van der Waals surface area contributed by atoms with E-state index in [2.05, 4.69) is 15.7 Å². The van der Waals surface area contributed by atoms with Gasteiger partial charge in [-0.1, -0.05) is 18.2 Å². The van der Waals surface area contributed by atoms with Crippen molar-refractivity contribution in [1.29, 1.82) is 0 Å². The zero-order chi connectivity index (χ0) is 17.6. The number of fused-ring (bicyclic) bond motifs is 1. The van der Waals surface area contributed by atoms with Crippen molar-refractivity contribution in [3.05, 3.63) is 70.5 Å². The quantitative estimate of drug-likeness (QED) is 0.666. The summed E-state index contributed by atoms with van der Waals surface area (Å²) in [6.45, 7) is 1.15. The Balaban J connectivity index is 1.41. The molecule has 2 heterocycles. The van der Waals surface area contributed by atoms with Crippen LogP contribution in [0.25, 0.3) is 5.65 Å². The fraction of sp³-hybridized carbons (Fsp3) is 0.235. The van der Waals surface area contributed by atoms with Gasteiger partial charge in [0, 0.05) is 25.8 Å². The second kappa shape index (κ2) is 7.61. The smallest absolute Gasteiger partial charge is 0.338 e. The molecule has 1 aromatic carbocycles. The summed E-state index contributed by atoms with van der Waals surface area (Å²) in [5.41, 5.74) is 1.21. The summed E-state index contributed by atoms with van der Waals surface area (Å²) in [5, 5.41) is 9.62. The highest BCUT2D eigenvalue weighted by molar-refractivity contribution is 5.73. The predicted octanol–water partition coefficient (Wildman–Crippen LogP) is 1.52. The fourth-order valence-electron chi connectivity index (χ4n) is 2.39. The third-order valence-electron chi connectivity index (χ3n) is 3.69. The Labute approximate surface area is 143 Å². The highest BCUT2D eigenvalue weighted by atomic mass is 19.1. The molecule has 0 saturated carbocycles. The van der Waals surface area contributed by atoms with Crippen LogP contribution < -0.4 is 16.3 Å². The van der Waals surface area contributed by atoms with Crippen LogP contribution in [0.2, 0.25) is 0 Å². The molecule has 0 unspecified atom stereocenters. The van der Waals surface area contributed by atoms with Crippen LogP contribution in [-0.4, -0.2) is 26.8 Å². The molecule has 25 heavy (non-hydrogen) atoms. The van der Waals surface area contributed by atoms with Gasteiger partial charge in [0.05, 0.1) is 0 Å². The number of pyridine rings is 1. The number of amides is 2. The lowest BCUT2D eigenvalue weighted by Crippen LogP contribution is -2.36. The van der Waals surface area contributed by atoms with Crippen molar-refractivity contribution in [3.63, 3.8) is 0 Å². The van der Waals surface area contributed by atoms with Crippen LogP contribution in [0.3, 0.4) is 0 Å². The van der Waals surface area contributed by atoms with E-state index in [4.69, 9.17) is 0 Å². The average molecular weight is 343 g/mol. The Morgan fingerprint density at radius 1 is 1.12 bits per heavy atom. The molecule has 0 atom stereocenters. The summed E-state index contributed by atoms with van der Waals surface area (Å²) in [6.07, 6.45) is 2.25. The summed E-state index contributed by atoms with van der Waals surface area (Å²) in [4.78, 5) is 23.8. The maximum atomic E-state index is 12.8. The van der Waals surface area contributed by atoms with E-state index < -0.39 is 0 Å². The fourth-order valence-corrected chi connectivity index (χ4v) is 2.39. The number of carbonyl (C=O) groups is 1. The first-order chi connectivity index (χ1) is 12.1. The van der Waals surface area contributed by atoms with Crippen molar-refractivity contribution in [2.45, 2.75) is 19.5 Å². The number of aryl methyl sites for hydroxylation is 1. The zero-order valence-electron chi connectivity index (χ0n) is 13.5. The lowest BCUT2D eigenvalue weighted by Gasteiger charge is -2.07. The maximum Gasteiger partial charge on any atom is 0.350 e. The molecule has 0 aliphatic heterocycles. The Bertz CT molecular complexity index is 917. The number of benzene rings is 1. The van der Waals surface area contributed by atoms with Gasteiger partial charge in [-0.2, -0.15) is 0 Å². The predicted molar refractivity (Wildman–Crippen MR) is 90.7 cm³/mol. The van der Waals surface area contributed by atoms with Crippen LogP contribution in [0.15, 0.2) is 53.5 Å². The van der Waals surface area contributed by atoms with E-state index in [0.717, 1.165) is 5.56 Å². The largest absolute Gasteiger partial charge is 0.350 e. The molecule has 3 aromatic rings. The van der Waals surface area contributed by atoms with E-state index in [1.807, 2.05) is 6.07 Å². The Kier molecular flexibility index (Phi) is 5.08. The Hall–Kier alpha value is -3.16. The van der Waals surface area contributed by atoms with Gasteiger partial charge in [-0.05, 0) is 36.2 Å². The van der Waals surface area contributed by atoms with Gasteiger partial charge < -0.3 is 10.6 Å². The molecule has 8 heteroatoms. The van der Waals surface area contributed by atoms with Crippen LogP contribution in [0.4, 0.5) is 9.18 Å². The molecule has 0 fully saturated rings. The number of aromatic nitrogens is 3. The third-order valence-corrected chi connectivity index (χ3v) is 3.69. The molecule has 0 aliphatic rings. The number of hydrogen-bond acceptors (Lipinski definition) is 3. The SMILES string of the molecule is O=C(NCCCn1nc2ccccn2c1=O)NCc1ccc(F)cc1. The first-order valence-electron chi connectivity index (χ1n) is 7.94. The lowest BCUT2D eigenvalue weighted by atomic mass is 10.2. The molecule has 0 bridgehead atoms. The third kappa shape index (κ3) is 4.23. The number of nitrogens with one attached hydrogen (secondary N) is 2.